The van der Waals surface area contributed by atoms with Gasteiger partial charge in [-0.1, -0.05) is 35.3 Å². The van der Waals surface area contributed by atoms with Gasteiger partial charge in [0.2, 0.25) is 5.89 Å². The number of benzene rings is 2. The first-order valence-electron chi connectivity index (χ1n) is 7.23. The molecule has 128 valence electrons. The van der Waals surface area contributed by atoms with Crippen molar-refractivity contribution in [3.8, 4) is 17.2 Å². The van der Waals surface area contributed by atoms with Gasteiger partial charge in [-0.25, -0.2) is 4.79 Å². The maximum atomic E-state index is 11.7. The molecule has 0 radical (unpaired) electrons. The van der Waals surface area contributed by atoms with Gasteiger partial charge in [0.15, 0.2) is 13.2 Å². The Morgan fingerprint density at radius 1 is 1.04 bits per heavy atom. The predicted molar refractivity (Wildman–Crippen MR) is 91.5 cm³/mol. The van der Waals surface area contributed by atoms with Crippen molar-refractivity contribution in [3.63, 3.8) is 0 Å². The highest BCUT2D eigenvalue weighted by Gasteiger charge is 2.12. The van der Waals surface area contributed by atoms with E-state index < -0.39 is 5.97 Å². The minimum Gasteiger partial charge on any atom is -0.480 e. The minimum atomic E-state index is -0.578. The lowest BCUT2D eigenvalue weighted by molar-refractivity contribution is -0.148. The number of hydrogen-bond acceptors (Lipinski definition) is 6. The van der Waals surface area contributed by atoms with E-state index in [1.165, 1.54) is 0 Å². The van der Waals surface area contributed by atoms with Crippen LogP contribution in [0.5, 0.6) is 5.75 Å². The molecule has 0 aliphatic heterocycles. The number of rotatable bonds is 6. The Bertz CT molecular complexity index is 865. The van der Waals surface area contributed by atoms with E-state index in [4.69, 9.17) is 37.1 Å². The summed E-state index contributed by atoms with van der Waals surface area (Å²) >= 11 is 11.8. The Hall–Kier alpha value is -2.57. The Balaban J connectivity index is 1.51. The lowest BCUT2D eigenvalue weighted by Gasteiger charge is -2.06. The van der Waals surface area contributed by atoms with Crippen molar-refractivity contribution in [1.82, 2.24) is 10.2 Å². The smallest absolute Gasteiger partial charge is 0.344 e. The van der Waals surface area contributed by atoms with Crippen LogP contribution in [-0.4, -0.2) is 22.8 Å². The second-order valence-electron chi connectivity index (χ2n) is 4.89. The normalized spacial score (nSPS) is 10.5. The number of ether oxygens (including phenoxy) is 2. The SMILES string of the molecule is O=C(COc1ccccc1Cl)OCc1nnc(-c2ccc(Cl)cc2)o1. The van der Waals surface area contributed by atoms with Crippen LogP contribution in [0.1, 0.15) is 5.89 Å². The van der Waals surface area contributed by atoms with Crippen LogP contribution >= 0.6 is 23.2 Å². The molecule has 0 saturated carbocycles. The molecule has 0 atom stereocenters. The molecule has 0 N–H and O–H groups in total. The lowest BCUT2D eigenvalue weighted by atomic mass is 10.2. The first-order valence-corrected chi connectivity index (χ1v) is 7.98. The largest absolute Gasteiger partial charge is 0.480 e. The van der Waals surface area contributed by atoms with E-state index in [0.29, 0.717) is 21.7 Å². The third kappa shape index (κ3) is 4.71. The summed E-state index contributed by atoms with van der Waals surface area (Å²) in [7, 11) is 0. The zero-order chi connectivity index (χ0) is 17.6. The van der Waals surface area contributed by atoms with Crippen molar-refractivity contribution in [1.29, 1.82) is 0 Å². The Kier molecular flexibility index (Phi) is 5.53. The molecule has 8 heteroatoms. The lowest BCUT2D eigenvalue weighted by Crippen LogP contribution is -2.15. The van der Waals surface area contributed by atoms with Gasteiger partial charge in [-0.2, -0.15) is 0 Å². The van der Waals surface area contributed by atoms with Crippen molar-refractivity contribution in [3.05, 3.63) is 64.5 Å². The van der Waals surface area contributed by atoms with E-state index in [2.05, 4.69) is 10.2 Å². The van der Waals surface area contributed by atoms with E-state index in [9.17, 15) is 4.79 Å². The molecular formula is C17H12Cl2N2O4. The summed E-state index contributed by atoms with van der Waals surface area (Å²) < 4.78 is 15.8. The van der Waals surface area contributed by atoms with Crippen molar-refractivity contribution in [2.24, 2.45) is 0 Å². The second kappa shape index (κ2) is 8.00. The van der Waals surface area contributed by atoms with Gasteiger partial charge in [0.05, 0.1) is 5.02 Å². The number of hydrogen-bond donors (Lipinski definition) is 0. The molecule has 0 aliphatic carbocycles. The van der Waals surface area contributed by atoms with Crippen molar-refractivity contribution in [2.75, 3.05) is 6.61 Å². The van der Waals surface area contributed by atoms with Gasteiger partial charge in [-0.15, -0.1) is 10.2 Å². The molecule has 25 heavy (non-hydrogen) atoms. The Morgan fingerprint density at radius 3 is 2.56 bits per heavy atom. The third-order valence-electron chi connectivity index (χ3n) is 3.10. The van der Waals surface area contributed by atoms with E-state index in [-0.39, 0.29) is 19.1 Å². The molecule has 2 aromatic carbocycles. The summed E-state index contributed by atoms with van der Waals surface area (Å²) in [6, 6.07) is 13.8. The molecule has 0 saturated heterocycles. The van der Waals surface area contributed by atoms with Crippen LogP contribution in [0.3, 0.4) is 0 Å². The average molecular weight is 379 g/mol. The van der Waals surface area contributed by atoms with Gasteiger partial charge >= 0.3 is 5.97 Å². The molecule has 0 unspecified atom stereocenters. The van der Waals surface area contributed by atoms with Crippen LogP contribution in [0.15, 0.2) is 52.9 Å². The molecule has 3 rings (SSSR count). The molecule has 0 spiro atoms. The zero-order valence-electron chi connectivity index (χ0n) is 12.8. The third-order valence-corrected chi connectivity index (χ3v) is 3.66. The fourth-order valence-electron chi connectivity index (χ4n) is 1.90. The van der Waals surface area contributed by atoms with Gasteiger partial charge in [-0.05, 0) is 36.4 Å². The topological polar surface area (TPSA) is 74.5 Å². The van der Waals surface area contributed by atoms with E-state index in [0.717, 1.165) is 5.56 Å². The standard InChI is InChI=1S/C17H12Cl2N2O4/c18-12-7-5-11(6-8-12)17-21-20-15(25-17)9-24-16(22)10-23-14-4-2-1-3-13(14)19/h1-8H,9-10H2. The van der Waals surface area contributed by atoms with E-state index >= 15 is 0 Å². The highest BCUT2D eigenvalue weighted by atomic mass is 35.5. The average Bonchev–Trinajstić information content (AvgIpc) is 3.09. The molecule has 0 aliphatic rings. The Labute approximate surface area is 153 Å². The van der Waals surface area contributed by atoms with Gasteiger partial charge < -0.3 is 13.9 Å². The van der Waals surface area contributed by atoms with Crippen LogP contribution in [0.25, 0.3) is 11.5 Å². The highest BCUT2D eigenvalue weighted by molar-refractivity contribution is 6.32. The molecule has 6 nitrogen and oxygen atoms in total. The number of halogens is 2. The van der Waals surface area contributed by atoms with Crippen LogP contribution in [0.4, 0.5) is 0 Å². The molecule has 0 bridgehead atoms. The number of para-hydroxylation sites is 1. The number of carbonyl (C=O) groups excluding carboxylic acids is 1. The number of aromatic nitrogens is 2. The van der Waals surface area contributed by atoms with Crippen LogP contribution in [-0.2, 0) is 16.1 Å². The van der Waals surface area contributed by atoms with Crippen LogP contribution in [0.2, 0.25) is 10.0 Å². The predicted octanol–water partition coefficient (Wildman–Crippen LogP) is 4.17. The van der Waals surface area contributed by atoms with Crippen molar-refractivity contribution in [2.45, 2.75) is 6.61 Å². The number of carbonyl (C=O) groups is 1. The summed E-state index contributed by atoms with van der Waals surface area (Å²) in [6.45, 7) is -0.423. The molecule has 0 fully saturated rings. The molecule has 1 aromatic heterocycles. The molecule has 0 amide bonds. The van der Waals surface area contributed by atoms with Crippen molar-refractivity contribution < 1.29 is 18.7 Å². The summed E-state index contributed by atoms with van der Waals surface area (Å²) in [5.41, 5.74) is 0.719. The maximum Gasteiger partial charge on any atom is 0.344 e. The molecule has 3 aromatic rings. The fraction of sp³-hybridized carbons (Fsp3) is 0.118. The number of esters is 1. The monoisotopic (exact) mass is 378 g/mol. The fourth-order valence-corrected chi connectivity index (χ4v) is 2.22. The van der Waals surface area contributed by atoms with E-state index in [1.807, 2.05) is 0 Å². The zero-order valence-corrected chi connectivity index (χ0v) is 14.3. The summed E-state index contributed by atoms with van der Waals surface area (Å²) in [4.78, 5) is 11.7. The van der Waals surface area contributed by atoms with Crippen LogP contribution in [0, 0.1) is 0 Å². The molecule has 1 heterocycles. The van der Waals surface area contributed by atoms with Crippen LogP contribution < -0.4 is 4.74 Å². The summed E-state index contributed by atoms with van der Waals surface area (Å²) in [6.07, 6.45) is 0. The van der Waals surface area contributed by atoms with Gasteiger partial charge in [0.25, 0.3) is 5.89 Å². The summed E-state index contributed by atoms with van der Waals surface area (Å²) in [5, 5.41) is 8.75. The molecular weight excluding hydrogens is 367 g/mol. The number of nitrogens with zero attached hydrogens (tertiary/aromatic N) is 2. The highest BCUT2D eigenvalue weighted by Crippen LogP contribution is 2.23. The Morgan fingerprint density at radius 2 is 1.80 bits per heavy atom. The van der Waals surface area contributed by atoms with Gasteiger partial charge in [-0.3, -0.25) is 0 Å². The second-order valence-corrected chi connectivity index (χ2v) is 5.73. The first kappa shape index (κ1) is 17.3. The van der Waals surface area contributed by atoms with Gasteiger partial charge in [0, 0.05) is 10.6 Å². The van der Waals surface area contributed by atoms with Gasteiger partial charge in [0.1, 0.15) is 5.75 Å². The first-order chi connectivity index (χ1) is 12.1. The quantitative estimate of drug-likeness (QED) is 0.599. The minimum absolute atomic E-state index is 0.148. The maximum absolute atomic E-state index is 11.7. The van der Waals surface area contributed by atoms with E-state index in [1.54, 1.807) is 48.5 Å². The summed E-state index contributed by atoms with van der Waals surface area (Å²) in [5.74, 6) is 0.321. The van der Waals surface area contributed by atoms with Crippen molar-refractivity contribution >= 4 is 29.2 Å².